The van der Waals surface area contributed by atoms with Gasteiger partial charge >= 0.3 is 5.97 Å². The zero-order valence-corrected chi connectivity index (χ0v) is 15.5. The Bertz CT molecular complexity index is 721. The number of carbonyl (C=O) groups excluding carboxylic acids is 2. The summed E-state index contributed by atoms with van der Waals surface area (Å²) in [6, 6.07) is 13.6. The van der Waals surface area contributed by atoms with Crippen LogP contribution in [0, 0.1) is 5.92 Å². The fourth-order valence-corrected chi connectivity index (χ4v) is 2.14. The molecule has 26 heavy (non-hydrogen) atoms. The number of ether oxygens (including phenoxy) is 2. The molecule has 1 amide bonds. The van der Waals surface area contributed by atoms with E-state index < -0.39 is 0 Å². The molecule has 5 nitrogen and oxygen atoms in total. The molecule has 0 heterocycles. The summed E-state index contributed by atoms with van der Waals surface area (Å²) in [7, 11) is 0. The van der Waals surface area contributed by atoms with Crippen LogP contribution in [-0.2, 0) is 4.74 Å². The van der Waals surface area contributed by atoms with E-state index in [1.807, 2.05) is 6.92 Å². The van der Waals surface area contributed by atoms with Gasteiger partial charge in [0.2, 0.25) is 0 Å². The summed E-state index contributed by atoms with van der Waals surface area (Å²) in [5, 5.41) is 2.81. The minimum Gasteiger partial charge on any atom is -0.493 e. The number of hydrogen-bond acceptors (Lipinski definition) is 4. The minimum atomic E-state index is -0.360. The second-order valence-corrected chi connectivity index (χ2v) is 6.40. The molecule has 0 unspecified atom stereocenters. The third-order valence-corrected chi connectivity index (χ3v) is 3.52. The van der Waals surface area contributed by atoms with Crippen LogP contribution in [-0.4, -0.2) is 25.1 Å². The number of hydrogen-bond donors (Lipinski definition) is 1. The monoisotopic (exact) mass is 355 g/mol. The molecule has 0 spiro atoms. The maximum absolute atomic E-state index is 12.3. The van der Waals surface area contributed by atoms with Gasteiger partial charge in [-0.3, -0.25) is 4.79 Å². The van der Waals surface area contributed by atoms with E-state index in [1.165, 1.54) is 0 Å². The lowest BCUT2D eigenvalue weighted by Gasteiger charge is -2.10. The maximum Gasteiger partial charge on any atom is 0.338 e. The highest BCUT2D eigenvalue weighted by Gasteiger charge is 2.09. The number of benzene rings is 2. The third kappa shape index (κ3) is 5.92. The molecule has 5 heteroatoms. The molecule has 0 aliphatic rings. The molecule has 0 radical (unpaired) electrons. The van der Waals surface area contributed by atoms with Gasteiger partial charge in [-0.1, -0.05) is 20.8 Å². The molecular formula is C21H25NO4. The van der Waals surface area contributed by atoms with Gasteiger partial charge in [-0.15, -0.1) is 0 Å². The Kier molecular flexibility index (Phi) is 7.21. The summed E-state index contributed by atoms with van der Waals surface area (Å²) in [5.74, 6) is 0.605. The quantitative estimate of drug-likeness (QED) is 0.706. The van der Waals surface area contributed by atoms with E-state index in [0.717, 1.165) is 12.2 Å². The molecule has 2 aromatic carbocycles. The molecule has 0 saturated heterocycles. The van der Waals surface area contributed by atoms with Crippen LogP contribution in [0.2, 0.25) is 0 Å². The van der Waals surface area contributed by atoms with Crippen molar-refractivity contribution in [1.29, 1.82) is 0 Å². The topological polar surface area (TPSA) is 64.6 Å². The Labute approximate surface area is 154 Å². The van der Waals surface area contributed by atoms with Crippen molar-refractivity contribution in [3.8, 4) is 5.75 Å². The van der Waals surface area contributed by atoms with Crippen LogP contribution in [0.1, 0.15) is 47.9 Å². The molecule has 2 aromatic rings. The molecule has 1 N–H and O–H groups in total. The Morgan fingerprint density at radius 3 is 2.15 bits per heavy atom. The first kappa shape index (κ1) is 19.5. The predicted octanol–water partition coefficient (Wildman–Crippen LogP) is 4.54. The van der Waals surface area contributed by atoms with Crippen molar-refractivity contribution in [1.82, 2.24) is 0 Å². The lowest BCUT2D eigenvalue weighted by Crippen LogP contribution is -2.12. The molecule has 2 rings (SSSR count). The first-order valence-electron chi connectivity index (χ1n) is 8.81. The Morgan fingerprint density at radius 1 is 0.962 bits per heavy atom. The van der Waals surface area contributed by atoms with Gasteiger partial charge in [-0.25, -0.2) is 4.79 Å². The van der Waals surface area contributed by atoms with E-state index in [9.17, 15) is 9.59 Å². The normalized spacial score (nSPS) is 10.5. The van der Waals surface area contributed by atoms with Crippen molar-refractivity contribution in [3.63, 3.8) is 0 Å². The van der Waals surface area contributed by atoms with Crippen LogP contribution in [0.25, 0.3) is 0 Å². The number of rotatable bonds is 8. The van der Waals surface area contributed by atoms with E-state index >= 15 is 0 Å². The predicted molar refractivity (Wildman–Crippen MR) is 102 cm³/mol. The van der Waals surface area contributed by atoms with Gasteiger partial charge in [0, 0.05) is 11.3 Å². The van der Waals surface area contributed by atoms with Gasteiger partial charge in [-0.05, 0) is 60.9 Å². The zero-order chi connectivity index (χ0) is 18.9. The van der Waals surface area contributed by atoms with Crippen molar-refractivity contribution in [2.75, 3.05) is 18.5 Å². The first-order chi connectivity index (χ1) is 12.5. The second kappa shape index (κ2) is 9.61. The molecule has 0 fully saturated rings. The fraction of sp³-hybridized carbons (Fsp3) is 0.333. The summed E-state index contributed by atoms with van der Waals surface area (Å²) in [4.78, 5) is 24.1. The van der Waals surface area contributed by atoms with E-state index in [0.29, 0.717) is 35.9 Å². The Hall–Kier alpha value is -2.82. The summed E-state index contributed by atoms with van der Waals surface area (Å²) in [6.07, 6.45) is 0.779. The van der Waals surface area contributed by atoms with Crippen LogP contribution >= 0.6 is 0 Å². The van der Waals surface area contributed by atoms with Crippen LogP contribution < -0.4 is 10.1 Å². The summed E-state index contributed by atoms with van der Waals surface area (Å²) in [5.41, 5.74) is 1.61. The fourth-order valence-electron chi connectivity index (χ4n) is 2.14. The van der Waals surface area contributed by atoms with Gasteiger partial charge in [-0.2, -0.15) is 0 Å². The number of nitrogens with one attached hydrogen (secondary N) is 1. The average molecular weight is 355 g/mol. The molecule has 0 aromatic heterocycles. The third-order valence-electron chi connectivity index (χ3n) is 3.52. The van der Waals surface area contributed by atoms with E-state index in [4.69, 9.17) is 9.47 Å². The van der Waals surface area contributed by atoms with Gasteiger partial charge in [0.1, 0.15) is 5.75 Å². The van der Waals surface area contributed by atoms with Gasteiger partial charge < -0.3 is 14.8 Å². The number of esters is 1. The summed E-state index contributed by atoms with van der Waals surface area (Å²) < 4.78 is 10.7. The highest BCUT2D eigenvalue weighted by Crippen LogP contribution is 2.16. The van der Waals surface area contributed by atoms with E-state index in [2.05, 4.69) is 19.2 Å². The van der Waals surface area contributed by atoms with Gasteiger partial charge in [0.25, 0.3) is 5.91 Å². The molecule has 0 aliphatic heterocycles. The second-order valence-electron chi connectivity index (χ2n) is 6.40. The standard InChI is InChI=1S/C21H25NO4/c1-4-13-25-21(24)17-5-9-18(10-6-17)22-20(23)16-7-11-19(12-8-16)26-14-15(2)3/h5-12,15H,4,13-14H2,1-3H3,(H,22,23). The lowest BCUT2D eigenvalue weighted by atomic mass is 10.1. The first-order valence-corrected chi connectivity index (χ1v) is 8.81. The van der Waals surface area contributed by atoms with Crippen molar-refractivity contribution in [2.24, 2.45) is 5.92 Å². The van der Waals surface area contributed by atoms with Crippen LogP contribution in [0.15, 0.2) is 48.5 Å². The van der Waals surface area contributed by atoms with Crippen LogP contribution in [0.3, 0.4) is 0 Å². The average Bonchev–Trinajstić information content (AvgIpc) is 2.65. The Morgan fingerprint density at radius 2 is 1.58 bits per heavy atom. The molecule has 0 bridgehead atoms. The number of carbonyl (C=O) groups is 2. The largest absolute Gasteiger partial charge is 0.493 e. The number of amides is 1. The van der Waals surface area contributed by atoms with Crippen molar-refractivity contribution < 1.29 is 19.1 Å². The zero-order valence-electron chi connectivity index (χ0n) is 15.5. The smallest absolute Gasteiger partial charge is 0.338 e. The molecule has 138 valence electrons. The van der Waals surface area contributed by atoms with Crippen molar-refractivity contribution in [3.05, 3.63) is 59.7 Å². The van der Waals surface area contributed by atoms with Gasteiger partial charge in [0.15, 0.2) is 0 Å². The minimum absolute atomic E-state index is 0.221. The van der Waals surface area contributed by atoms with Gasteiger partial charge in [0.05, 0.1) is 18.8 Å². The summed E-state index contributed by atoms with van der Waals surface area (Å²) in [6.45, 7) is 7.13. The molecule has 0 saturated carbocycles. The summed E-state index contributed by atoms with van der Waals surface area (Å²) >= 11 is 0. The SMILES string of the molecule is CCCOC(=O)c1ccc(NC(=O)c2ccc(OCC(C)C)cc2)cc1. The van der Waals surface area contributed by atoms with Crippen molar-refractivity contribution >= 4 is 17.6 Å². The lowest BCUT2D eigenvalue weighted by molar-refractivity contribution is 0.0505. The van der Waals surface area contributed by atoms with Crippen molar-refractivity contribution in [2.45, 2.75) is 27.2 Å². The van der Waals surface area contributed by atoms with E-state index in [1.54, 1.807) is 48.5 Å². The highest BCUT2D eigenvalue weighted by atomic mass is 16.5. The number of anilines is 1. The molecular weight excluding hydrogens is 330 g/mol. The Balaban J connectivity index is 1.93. The van der Waals surface area contributed by atoms with E-state index in [-0.39, 0.29) is 11.9 Å². The molecule has 0 aliphatic carbocycles. The highest BCUT2D eigenvalue weighted by molar-refractivity contribution is 6.04. The van der Waals surface area contributed by atoms with Crippen LogP contribution in [0.4, 0.5) is 5.69 Å². The molecule has 0 atom stereocenters. The maximum atomic E-state index is 12.3. The van der Waals surface area contributed by atoms with Crippen LogP contribution in [0.5, 0.6) is 5.75 Å².